The van der Waals surface area contributed by atoms with Gasteiger partial charge in [-0.15, -0.1) is 4.72 Å². The van der Waals surface area contributed by atoms with Gasteiger partial charge in [0.25, 0.3) is 0 Å². The Hall–Kier alpha value is -1.73. The van der Waals surface area contributed by atoms with Crippen molar-refractivity contribution in [3.8, 4) is 0 Å². The smallest absolute Gasteiger partial charge is 0.139 e. The number of fused-ring (bicyclic) bond motifs is 1. The van der Waals surface area contributed by atoms with E-state index in [2.05, 4.69) is 14.7 Å². The molecule has 0 bridgehead atoms. The molecule has 0 aliphatic rings. The van der Waals surface area contributed by atoms with Crippen LogP contribution in [-0.4, -0.2) is 15.8 Å². The number of nitrogens with zero attached hydrogens (tertiary/aromatic N) is 3. The topological polar surface area (TPSA) is 97.0 Å². The number of nitrogens with one attached hydrogen (secondary N) is 1. The normalized spacial score (nSPS) is 14.4. The summed E-state index contributed by atoms with van der Waals surface area (Å²) in [6.45, 7) is 7.69. The number of azide groups is 1. The minimum atomic E-state index is -1.29. The van der Waals surface area contributed by atoms with E-state index >= 15 is 0 Å². The fourth-order valence-corrected chi connectivity index (χ4v) is 3.05. The lowest BCUT2D eigenvalue weighted by Crippen LogP contribution is -2.40. The number of benzene rings is 1. The Kier molecular flexibility index (Phi) is 5.77. The second-order valence-electron chi connectivity index (χ2n) is 6.55. The summed E-state index contributed by atoms with van der Waals surface area (Å²) >= 11 is -1.29. The van der Waals surface area contributed by atoms with Crippen LogP contribution in [0, 0.1) is 5.82 Å². The van der Waals surface area contributed by atoms with Crippen LogP contribution in [0.3, 0.4) is 0 Å². The molecule has 0 saturated heterocycles. The zero-order valence-corrected chi connectivity index (χ0v) is 15.0. The van der Waals surface area contributed by atoms with Gasteiger partial charge in [-0.1, -0.05) is 5.11 Å². The zero-order valence-electron chi connectivity index (χ0n) is 14.2. The molecule has 2 atom stereocenters. The Morgan fingerprint density at radius 2 is 2.12 bits per heavy atom. The molecule has 1 N–H and O–H groups in total. The van der Waals surface area contributed by atoms with Gasteiger partial charge >= 0.3 is 0 Å². The van der Waals surface area contributed by atoms with E-state index in [1.54, 1.807) is 6.07 Å². The van der Waals surface area contributed by atoms with Crippen molar-refractivity contribution in [2.24, 2.45) is 5.11 Å². The average Bonchev–Trinajstić information content (AvgIpc) is 2.88. The van der Waals surface area contributed by atoms with Crippen LogP contribution in [0.25, 0.3) is 21.4 Å². The van der Waals surface area contributed by atoms with Crippen LogP contribution in [-0.2, 0) is 17.8 Å². The highest BCUT2D eigenvalue weighted by atomic mass is 32.2. The first-order chi connectivity index (χ1) is 11.2. The van der Waals surface area contributed by atoms with Gasteiger partial charge in [0.05, 0.1) is 6.04 Å². The maximum absolute atomic E-state index is 13.9. The molecule has 0 aliphatic heterocycles. The largest absolute Gasteiger partial charge is 0.598 e. The van der Waals surface area contributed by atoms with Crippen LogP contribution in [0.2, 0.25) is 0 Å². The fraction of sp³-hybridized carbons (Fsp3) is 0.500. The number of halogens is 1. The summed E-state index contributed by atoms with van der Waals surface area (Å²) in [5.41, 5.74) is 9.49. The van der Waals surface area contributed by atoms with Gasteiger partial charge in [0.15, 0.2) is 0 Å². The minimum absolute atomic E-state index is 0.274. The van der Waals surface area contributed by atoms with Crippen molar-refractivity contribution in [3.63, 3.8) is 0 Å². The van der Waals surface area contributed by atoms with Gasteiger partial charge in [0, 0.05) is 40.2 Å². The minimum Gasteiger partial charge on any atom is -0.598 e. The third-order valence-corrected chi connectivity index (χ3v) is 5.17. The highest BCUT2D eigenvalue weighted by Crippen LogP contribution is 2.30. The first kappa shape index (κ1) is 18.6. The molecule has 0 amide bonds. The lowest BCUT2D eigenvalue weighted by Gasteiger charge is -2.26. The summed E-state index contributed by atoms with van der Waals surface area (Å²) in [6, 6.07) is 4.18. The van der Waals surface area contributed by atoms with Crippen LogP contribution >= 0.6 is 0 Å². The number of furan rings is 1. The second-order valence-corrected chi connectivity index (χ2v) is 8.55. The van der Waals surface area contributed by atoms with Gasteiger partial charge in [0.2, 0.25) is 0 Å². The molecule has 0 saturated carbocycles. The van der Waals surface area contributed by atoms with Crippen LogP contribution in [0.5, 0.6) is 0 Å². The van der Waals surface area contributed by atoms with Gasteiger partial charge in [-0.3, -0.25) is 0 Å². The summed E-state index contributed by atoms with van der Waals surface area (Å²) in [6.07, 6.45) is 0.440. The van der Waals surface area contributed by atoms with Crippen LogP contribution in [0.1, 0.15) is 45.1 Å². The molecular formula is C16H21FN4O2S. The molecule has 1 aromatic heterocycles. The molecule has 6 nitrogen and oxygen atoms in total. The summed E-state index contributed by atoms with van der Waals surface area (Å²) in [4.78, 5) is 2.70. The average molecular weight is 352 g/mol. The van der Waals surface area contributed by atoms with Gasteiger partial charge in [-0.25, -0.2) is 4.39 Å². The van der Waals surface area contributed by atoms with Gasteiger partial charge in [-0.2, -0.15) is 0 Å². The highest BCUT2D eigenvalue weighted by molar-refractivity contribution is 7.90. The molecule has 24 heavy (non-hydrogen) atoms. The Balaban J connectivity index is 2.32. The van der Waals surface area contributed by atoms with Crippen molar-refractivity contribution < 1.29 is 13.4 Å². The van der Waals surface area contributed by atoms with E-state index in [0.717, 1.165) is 0 Å². The first-order valence-electron chi connectivity index (χ1n) is 7.63. The van der Waals surface area contributed by atoms with Crippen LogP contribution < -0.4 is 4.72 Å². The van der Waals surface area contributed by atoms with Gasteiger partial charge in [0.1, 0.15) is 21.9 Å². The second kappa shape index (κ2) is 7.44. The lowest BCUT2D eigenvalue weighted by atomic mass is 10.1. The fourth-order valence-electron chi connectivity index (χ4n) is 2.25. The van der Waals surface area contributed by atoms with Crippen molar-refractivity contribution in [3.05, 3.63) is 45.8 Å². The zero-order chi connectivity index (χ0) is 17.9. The number of hydrogen-bond acceptors (Lipinski definition) is 4. The quantitative estimate of drug-likeness (QED) is 0.358. The van der Waals surface area contributed by atoms with Crippen LogP contribution in [0.15, 0.2) is 27.7 Å². The SMILES string of the molecule is CC(N[S+]([O-])C(C)(C)C)c1cc(F)cc2cc(CCN=[N+]=[N-])oc12. The molecule has 2 rings (SSSR count). The maximum atomic E-state index is 13.9. The standard InChI is InChI=1S/C16H21FN4O2S/c1-10(20-24(22)16(2,3)4)14-9-12(17)7-11-8-13(23-15(11)14)5-6-19-21-18/h7-10,20H,5-6H2,1-4H3. The molecular weight excluding hydrogens is 331 g/mol. The molecule has 0 spiro atoms. The molecule has 0 fully saturated rings. The predicted molar refractivity (Wildman–Crippen MR) is 93.3 cm³/mol. The third kappa shape index (κ3) is 4.42. The monoisotopic (exact) mass is 352 g/mol. The molecule has 130 valence electrons. The number of rotatable bonds is 6. The Bertz CT molecular complexity index is 765. The molecule has 1 aromatic carbocycles. The van der Waals surface area contributed by atoms with E-state index in [-0.39, 0.29) is 18.4 Å². The lowest BCUT2D eigenvalue weighted by molar-refractivity contribution is 0.522. The van der Waals surface area contributed by atoms with Crippen molar-refractivity contribution in [1.82, 2.24) is 4.72 Å². The summed E-state index contributed by atoms with van der Waals surface area (Å²) in [5.74, 6) is 0.239. The van der Waals surface area contributed by atoms with Gasteiger partial charge in [-0.05, 0) is 51.4 Å². The number of hydrogen-bond donors (Lipinski definition) is 1. The summed E-state index contributed by atoms with van der Waals surface area (Å²) < 4.78 is 34.6. The Labute approximate surface area is 143 Å². The summed E-state index contributed by atoms with van der Waals surface area (Å²) in [5, 5.41) is 4.11. The molecule has 0 radical (unpaired) electrons. The van der Waals surface area contributed by atoms with E-state index in [1.165, 1.54) is 12.1 Å². The predicted octanol–water partition coefficient (Wildman–Crippen LogP) is 4.54. The van der Waals surface area contributed by atoms with E-state index in [9.17, 15) is 8.94 Å². The Morgan fingerprint density at radius 3 is 2.75 bits per heavy atom. The van der Waals surface area contributed by atoms with Crippen molar-refractivity contribution >= 4 is 22.3 Å². The molecule has 2 unspecified atom stereocenters. The first-order valence-corrected chi connectivity index (χ1v) is 8.78. The maximum Gasteiger partial charge on any atom is 0.139 e. The van der Waals surface area contributed by atoms with Crippen LogP contribution in [0.4, 0.5) is 4.39 Å². The summed E-state index contributed by atoms with van der Waals surface area (Å²) in [7, 11) is 0. The van der Waals surface area contributed by atoms with Crippen molar-refractivity contribution in [2.45, 2.75) is 44.9 Å². The third-order valence-electron chi connectivity index (χ3n) is 3.49. The molecule has 2 aromatic rings. The van der Waals surface area contributed by atoms with E-state index in [0.29, 0.717) is 28.7 Å². The molecule has 1 heterocycles. The molecule has 0 aliphatic carbocycles. The molecule has 8 heteroatoms. The van der Waals surface area contributed by atoms with Gasteiger partial charge < -0.3 is 8.97 Å². The highest BCUT2D eigenvalue weighted by Gasteiger charge is 2.29. The van der Waals surface area contributed by atoms with Crippen molar-refractivity contribution in [1.29, 1.82) is 0 Å². The van der Waals surface area contributed by atoms with Crippen molar-refractivity contribution in [2.75, 3.05) is 6.54 Å². The van der Waals surface area contributed by atoms with E-state index in [4.69, 9.17) is 9.95 Å². The Morgan fingerprint density at radius 1 is 1.42 bits per heavy atom. The van der Waals surface area contributed by atoms with E-state index < -0.39 is 16.1 Å². The van der Waals surface area contributed by atoms with E-state index in [1.807, 2.05) is 27.7 Å².